The SMILES string of the molecule is Cc1ccc(S(=O)(=O)NN=C(C2=CCCCC2)C2=CCCCC2)cc1. The number of hydrogen-bond acceptors (Lipinski definition) is 3. The highest BCUT2D eigenvalue weighted by Crippen LogP contribution is 2.27. The van der Waals surface area contributed by atoms with Gasteiger partial charge in [-0.25, -0.2) is 0 Å². The van der Waals surface area contributed by atoms with Gasteiger partial charge in [0.1, 0.15) is 0 Å². The van der Waals surface area contributed by atoms with E-state index in [2.05, 4.69) is 22.1 Å². The molecule has 5 heteroatoms. The monoisotopic (exact) mass is 358 g/mol. The largest absolute Gasteiger partial charge is 0.276 e. The number of hydrazone groups is 1. The molecule has 0 aliphatic heterocycles. The topological polar surface area (TPSA) is 58.5 Å². The van der Waals surface area contributed by atoms with Gasteiger partial charge in [0.05, 0.1) is 10.6 Å². The summed E-state index contributed by atoms with van der Waals surface area (Å²) >= 11 is 0. The predicted molar refractivity (Wildman–Crippen MR) is 102 cm³/mol. The molecule has 3 rings (SSSR count). The Balaban J connectivity index is 1.88. The number of benzene rings is 1. The summed E-state index contributed by atoms with van der Waals surface area (Å²) in [6.45, 7) is 1.94. The molecule has 2 aliphatic rings. The lowest BCUT2D eigenvalue weighted by Crippen LogP contribution is -2.22. The first-order valence-electron chi connectivity index (χ1n) is 9.11. The molecule has 0 atom stereocenters. The highest BCUT2D eigenvalue weighted by Gasteiger charge is 2.19. The average molecular weight is 359 g/mol. The van der Waals surface area contributed by atoms with E-state index >= 15 is 0 Å². The molecule has 0 amide bonds. The van der Waals surface area contributed by atoms with Crippen LogP contribution in [0.3, 0.4) is 0 Å². The number of hydrogen-bond donors (Lipinski definition) is 1. The fourth-order valence-corrected chi connectivity index (χ4v) is 4.14. The maximum atomic E-state index is 12.6. The van der Waals surface area contributed by atoms with E-state index < -0.39 is 10.0 Å². The molecule has 0 bridgehead atoms. The molecule has 25 heavy (non-hydrogen) atoms. The molecule has 0 spiro atoms. The van der Waals surface area contributed by atoms with Crippen molar-refractivity contribution in [1.82, 2.24) is 4.83 Å². The molecule has 0 fully saturated rings. The van der Waals surface area contributed by atoms with Gasteiger partial charge in [-0.3, -0.25) is 0 Å². The molecule has 0 saturated carbocycles. The van der Waals surface area contributed by atoms with Gasteiger partial charge in [-0.1, -0.05) is 29.8 Å². The highest BCUT2D eigenvalue weighted by molar-refractivity contribution is 7.89. The summed E-state index contributed by atoms with van der Waals surface area (Å²) in [6.07, 6.45) is 13.2. The van der Waals surface area contributed by atoms with E-state index in [0.717, 1.165) is 49.8 Å². The zero-order chi connectivity index (χ0) is 17.7. The Morgan fingerprint density at radius 3 is 1.96 bits per heavy atom. The molecule has 4 nitrogen and oxygen atoms in total. The Kier molecular flexibility index (Phi) is 5.74. The van der Waals surface area contributed by atoms with Crippen molar-refractivity contribution in [2.24, 2.45) is 5.10 Å². The summed E-state index contributed by atoms with van der Waals surface area (Å²) in [5, 5.41) is 4.38. The van der Waals surface area contributed by atoms with Crippen LogP contribution in [-0.4, -0.2) is 14.1 Å². The van der Waals surface area contributed by atoms with Crippen LogP contribution in [0.15, 0.2) is 57.6 Å². The first-order chi connectivity index (χ1) is 12.1. The highest BCUT2D eigenvalue weighted by atomic mass is 32.2. The molecular weight excluding hydrogens is 332 g/mol. The van der Waals surface area contributed by atoms with E-state index in [0.29, 0.717) is 0 Å². The normalized spacial score (nSPS) is 18.1. The second kappa shape index (κ2) is 8.00. The predicted octanol–water partition coefficient (Wildman–Crippen LogP) is 4.63. The van der Waals surface area contributed by atoms with Gasteiger partial charge in [0.2, 0.25) is 0 Å². The molecule has 0 heterocycles. The number of nitrogens with zero attached hydrogens (tertiary/aromatic N) is 1. The van der Waals surface area contributed by atoms with E-state index in [-0.39, 0.29) is 4.90 Å². The van der Waals surface area contributed by atoms with Gasteiger partial charge in [0.25, 0.3) is 10.0 Å². The molecule has 0 radical (unpaired) electrons. The summed E-state index contributed by atoms with van der Waals surface area (Å²) in [4.78, 5) is 2.71. The van der Waals surface area contributed by atoms with Gasteiger partial charge in [0.15, 0.2) is 0 Å². The Morgan fingerprint density at radius 1 is 0.920 bits per heavy atom. The second-order valence-electron chi connectivity index (χ2n) is 6.82. The lowest BCUT2D eigenvalue weighted by molar-refractivity contribution is 0.584. The van der Waals surface area contributed by atoms with Crippen molar-refractivity contribution in [1.29, 1.82) is 0 Å². The van der Waals surface area contributed by atoms with Crippen molar-refractivity contribution in [3.05, 3.63) is 53.1 Å². The third-order valence-electron chi connectivity index (χ3n) is 4.80. The first kappa shape index (κ1) is 17.9. The Morgan fingerprint density at radius 2 is 1.48 bits per heavy atom. The molecule has 2 aliphatic carbocycles. The fourth-order valence-electron chi connectivity index (χ4n) is 3.33. The number of rotatable bonds is 5. The van der Waals surface area contributed by atoms with Crippen LogP contribution in [0.4, 0.5) is 0 Å². The molecule has 134 valence electrons. The van der Waals surface area contributed by atoms with Crippen LogP contribution in [-0.2, 0) is 10.0 Å². The van der Waals surface area contributed by atoms with Crippen LogP contribution in [0.1, 0.15) is 56.9 Å². The minimum atomic E-state index is -3.64. The molecular formula is C20H26N2O2S. The van der Waals surface area contributed by atoms with Gasteiger partial charge in [-0.15, -0.1) is 0 Å². The van der Waals surface area contributed by atoms with E-state index in [9.17, 15) is 8.42 Å². The third-order valence-corrected chi connectivity index (χ3v) is 6.02. The minimum Gasteiger partial charge on any atom is -0.200 e. The van der Waals surface area contributed by atoms with Crippen molar-refractivity contribution in [3.63, 3.8) is 0 Å². The zero-order valence-corrected chi connectivity index (χ0v) is 15.6. The van der Waals surface area contributed by atoms with Crippen molar-refractivity contribution in [2.45, 2.75) is 63.2 Å². The third kappa shape index (κ3) is 4.60. The Bertz CT molecular complexity index is 775. The van der Waals surface area contributed by atoms with Crippen LogP contribution < -0.4 is 4.83 Å². The van der Waals surface area contributed by atoms with E-state index in [1.807, 2.05) is 6.92 Å². The number of sulfonamides is 1. The number of allylic oxidation sites excluding steroid dienone is 4. The number of nitrogens with one attached hydrogen (secondary N) is 1. The smallest absolute Gasteiger partial charge is 0.200 e. The molecule has 0 aromatic heterocycles. The quantitative estimate of drug-likeness (QED) is 0.616. The van der Waals surface area contributed by atoms with Gasteiger partial charge in [-0.2, -0.15) is 18.4 Å². The van der Waals surface area contributed by atoms with Crippen molar-refractivity contribution in [2.75, 3.05) is 0 Å². The van der Waals surface area contributed by atoms with Gasteiger partial charge in [0, 0.05) is 0 Å². The summed E-state index contributed by atoms with van der Waals surface area (Å²) in [6, 6.07) is 6.83. The van der Waals surface area contributed by atoms with Crippen LogP contribution in [0.2, 0.25) is 0 Å². The minimum absolute atomic E-state index is 0.247. The average Bonchev–Trinajstić information content (AvgIpc) is 2.64. The second-order valence-corrected chi connectivity index (χ2v) is 8.48. The van der Waals surface area contributed by atoms with Crippen LogP contribution in [0.5, 0.6) is 0 Å². The molecule has 1 aromatic rings. The van der Waals surface area contributed by atoms with Crippen molar-refractivity contribution in [3.8, 4) is 0 Å². The summed E-state index contributed by atoms with van der Waals surface area (Å²) in [5.41, 5.74) is 4.25. The lowest BCUT2D eigenvalue weighted by Gasteiger charge is -2.20. The van der Waals surface area contributed by atoms with Gasteiger partial charge in [-0.05, 0) is 81.6 Å². The molecule has 0 saturated heterocycles. The van der Waals surface area contributed by atoms with E-state index in [4.69, 9.17) is 0 Å². The molecule has 1 N–H and O–H groups in total. The summed E-state index contributed by atoms with van der Waals surface area (Å²) in [5.74, 6) is 0. The maximum absolute atomic E-state index is 12.6. The fraction of sp³-hybridized carbons (Fsp3) is 0.450. The van der Waals surface area contributed by atoms with Gasteiger partial charge < -0.3 is 0 Å². The summed E-state index contributed by atoms with van der Waals surface area (Å²) < 4.78 is 25.1. The zero-order valence-electron chi connectivity index (χ0n) is 14.8. The van der Waals surface area contributed by atoms with E-state index in [1.165, 1.54) is 24.0 Å². The summed E-state index contributed by atoms with van der Waals surface area (Å²) in [7, 11) is -3.64. The van der Waals surface area contributed by atoms with Gasteiger partial charge >= 0.3 is 0 Å². The number of aryl methyl sites for hydroxylation is 1. The maximum Gasteiger partial charge on any atom is 0.276 e. The van der Waals surface area contributed by atoms with Crippen molar-refractivity contribution >= 4 is 15.7 Å². The van der Waals surface area contributed by atoms with Crippen LogP contribution in [0, 0.1) is 6.92 Å². The molecule has 0 unspecified atom stereocenters. The molecule has 1 aromatic carbocycles. The van der Waals surface area contributed by atoms with Crippen LogP contribution in [0.25, 0.3) is 0 Å². The van der Waals surface area contributed by atoms with Crippen molar-refractivity contribution < 1.29 is 8.42 Å². The standard InChI is InChI=1S/C20H26N2O2S/c1-16-12-14-19(15-13-16)25(23,24)22-21-20(17-8-4-2-5-9-17)18-10-6-3-7-11-18/h8,10,12-15,22H,2-7,9,11H2,1H3. The van der Waals surface area contributed by atoms with Crippen LogP contribution >= 0.6 is 0 Å². The first-order valence-corrected chi connectivity index (χ1v) is 10.6. The Hall–Kier alpha value is -1.88. The van der Waals surface area contributed by atoms with E-state index in [1.54, 1.807) is 24.3 Å². The lowest BCUT2D eigenvalue weighted by atomic mass is 9.87. The Labute approximate surface area is 150 Å².